The van der Waals surface area contributed by atoms with Gasteiger partial charge < -0.3 is 4.74 Å². The zero-order valence-electron chi connectivity index (χ0n) is 17.5. The molecule has 4 aromatic rings. The smallest absolute Gasteiger partial charge is 0.271 e. The van der Waals surface area contributed by atoms with Crippen LogP contribution >= 0.6 is 45.5 Å². The number of thiazole rings is 1. The summed E-state index contributed by atoms with van der Waals surface area (Å²) in [6.45, 7) is 0. The highest BCUT2D eigenvalue weighted by molar-refractivity contribution is 14.1. The van der Waals surface area contributed by atoms with Crippen LogP contribution in [0.4, 0.5) is 0 Å². The summed E-state index contributed by atoms with van der Waals surface area (Å²) in [7, 11) is 1.65. The summed E-state index contributed by atoms with van der Waals surface area (Å²) < 4.78 is 8.74. The summed E-state index contributed by atoms with van der Waals surface area (Å²) >= 11 is 9.75. The van der Waals surface area contributed by atoms with E-state index >= 15 is 0 Å². The van der Waals surface area contributed by atoms with Crippen molar-refractivity contribution in [3.05, 3.63) is 124 Å². The molecule has 0 spiro atoms. The van der Waals surface area contributed by atoms with Crippen LogP contribution < -0.4 is 19.6 Å². The number of fused-ring (bicyclic) bond motifs is 1. The Morgan fingerprint density at radius 2 is 1.85 bits per heavy atom. The van der Waals surface area contributed by atoms with Crippen molar-refractivity contribution < 1.29 is 4.74 Å². The molecule has 33 heavy (non-hydrogen) atoms. The van der Waals surface area contributed by atoms with E-state index in [2.05, 4.69) is 22.6 Å². The molecule has 1 aliphatic rings. The van der Waals surface area contributed by atoms with E-state index in [1.807, 2.05) is 84.9 Å². The SMILES string of the molecule is COc1ccc(C=c2sc3n(c2=O)C(c2ccc(Cl)cc2)C=C(c2ccccc2)N=3)cc1I. The predicted molar refractivity (Wildman–Crippen MR) is 143 cm³/mol. The van der Waals surface area contributed by atoms with Crippen LogP contribution in [0.15, 0.2) is 88.7 Å². The Kier molecular flexibility index (Phi) is 6.23. The van der Waals surface area contributed by atoms with E-state index in [9.17, 15) is 4.79 Å². The quantitative estimate of drug-likeness (QED) is 0.307. The standard InChI is InChI=1S/C26H18ClIN2O2S/c1-32-23-12-7-16(13-20(23)28)14-24-25(31)30-22(18-8-10-19(27)11-9-18)15-21(29-26(30)33-24)17-5-3-2-4-6-17/h2-15,22H,1H3. The summed E-state index contributed by atoms with van der Waals surface area (Å²) in [4.78, 5) is 19.0. The maximum Gasteiger partial charge on any atom is 0.271 e. The largest absolute Gasteiger partial charge is 0.496 e. The molecule has 0 saturated heterocycles. The molecule has 0 saturated carbocycles. The highest BCUT2D eigenvalue weighted by atomic mass is 127. The number of benzene rings is 3. The summed E-state index contributed by atoms with van der Waals surface area (Å²) in [6, 6.07) is 23.2. The lowest BCUT2D eigenvalue weighted by Crippen LogP contribution is -2.36. The third-order valence-electron chi connectivity index (χ3n) is 5.40. The average molecular weight is 585 g/mol. The molecule has 0 aliphatic carbocycles. The van der Waals surface area contributed by atoms with Gasteiger partial charge in [0.25, 0.3) is 5.56 Å². The second-order valence-corrected chi connectivity index (χ2v) is 10.1. The number of rotatable bonds is 4. The fourth-order valence-electron chi connectivity index (χ4n) is 3.77. The first kappa shape index (κ1) is 22.1. The fraction of sp³-hybridized carbons (Fsp3) is 0.0769. The molecular weight excluding hydrogens is 567 g/mol. The van der Waals surface area contributed by atoms with E-state index in [1.165, 1.54) is 11.3 Å². The van der Waals surface area contributed by atoms with Crippen molar-refractivity contribution in [3.8, 4) is 5.75 Å². The van der Waals surface area contributed by atoms with E-state index in [1.54, 1.807) is 11.7 Å². The zero-order valence-corrected chi connectivity index (χ0v) is 21.3. The van der Waals surface area contributed by atoms with E-state index in [-0.39, 0.29) is 11.6 Å². The number of hydrogen-bond acceptors (Lipinski definition) is 4. The van der Waals surface area contributed by atoms with Crippen molar-refractivity contribution in [2.24, 2.45) is 4.99 Å². The minimum Gasteiger partial charge on any atom is -0.496 e. The number of halogens is 2. The molecule has 1 unspecified atom stereocenters. The van der Waals surface area contributed by atoms with Gasteiger partial charge in [0.1, 0.15) is 5.75 Å². The second-order valence-electron chi connectivity index (χ2n) is 7.49. The van der Waals surface area contributed by atoms with Gasteiger partial charge in [-0.05, 0) is 75.7 Å². The van der Waals surface area contributed by atoms with Crippen molar-refractivity contribution in [2.75, 3.05) is 7.11 Å². The number of nitrogens with zero attached hydrogens (tertiary/aromatic N) is 2. The Hall–Kier alpha value is -2.68. The summed E-state index contributed by atoms with van der Waals surface area (Å²) in [6.07, 6.45) is 3.95. The van der Waals surface area contributed by atoms with Gasteiger partial charge in [-0.3, -0.25) is 9.36 Å². The van der Waals surface area contributed by atoms with Crippen LogP contribution in [0.3, 0.4) is 0 Å². The van der Waals surface area contributed by atoms with Crippen molar-refractivity contribution in [3.63, 3.8) is 0 Å². The van der Waals surface area contributed by atoms with E-state index in [0.29, 0.717) is 14.4 Å². The molecular formula is C26H18ClIN2O2S. The predicted octanol–water partition coefficient (Wildman–Crippen LogP) is 5.27. The fourth-order valence-corrected chi connectivity index (χ4v) is 5.67. The lowest BCUT2D eigenvalue weighted by atomic mass is 10.0. The van der Waals surface area contributed by atoms with Crippen LogP contribution in [0, 0.1) is 3.57 Å². The Balaban J connectivity index is 1.70. The Morgan fingerprint density at radius 1 is 1.09 bits per heavy atom. The maximum absolute atomic E-state index is 13.5. The van der Waals surface area contributed by atoms with Gasteiger partial charge in [0.15, 0.2) is 4.80 Å². The van der Waals surface area contributed by atoms with Crippen LogP contribution in [-0.4, -0.2) is 11.7 Å². The van der Waals surface area contributed by atoms with E-state index < -0.39 is 0 Å². The number of aromatic nitrogens is 1. The molecule has 0 bridgehead atoms. The van der Waals surface area contributed by atoms with Crippen LogP contribution in [0.2, 0.25) is 5.02 Å². The van der Waals surface area contributed by atoms with Gasteiger partial charge in [-0.15, -0.1) is 0 Å². The van der Waals surface area contributed by atoms with Gasteiger partial charge in [-0.1, -0.05) is 71.5 Å². The van der Waals surface area contributed by atoms with Crippen molar-refractivity contribution in [1.82, 2.24) is 4.57 Å². The Morgan fingerprint density at radius 3 is 2.55 bits per heavy atom. The molecule has 3 aromatic carbocycles. The molecule has 164 valence electrons. The van der Waals surface area contributed by atoms with Gasteiger partial charge in [-0.2, -0.15) is 0 Å². The summed E-state index contributed by atoms with van der Waals surface area (Å²) in [5.74, 6) is 0.810. The minimum absolute atomic E-state index is 0.0621. The molecule has 1 aliphatic heterocycles. The molecule has 1 aromatic heterocycles. The first-order valence-electron chi connectivity index (χ1n) is 10.2. The lowest BCUT2D eigenvalue weighted by Gasteiger charge is -2.19. The average Bonchev–Trinajstić information content (AvgIpc) is 3.15. The molecule has 2 heterocycles. The normalized spacial score (nSPS) is 15.5. The summed E-state index contributed by atoms with van der Waals surface area (Å²) in [5.41, 5.74) is 3.72. The van der Waals surface area contributed by atoms with Crippen LogP contribution in [0.1, 0.15) is 22.7 Å². The van der Waals surface area contributed by atoms with Crippen molar-refractivity contribution in [1.29, 1.82) is 0 Å². The molecule has 4 nitrogen and oxygen atoms in total. The third-order valence-corrected chi connectivity index (χ3v) is 7.48. The topological polar surface area (TPSA) is 43.6 Å². The van der Waals surface area contributed by atoms with Gasteiger partial charge in [0.05, 0.1) is 27.0 Å². The van der Waals surface area contributed by atoms with Crippen LogP contribution in [-0.2, 0) is 0 Å². The zero-order chi connectivity index (χ0) is 22.9. The van der Waals surface area contributed by atoms with E-state index in [4.69, 9.17) is 21.3 Å². The van der Waals surface area contributed by atoms with Gasteiger partial charge in [0, 0.05) is 5.02 Å². The van der Waals surface area contributed by atoms with Crippen molar-refractivity contribution >= 4 is 57.3 Å². The highest BCUT2D eigenvalue weighted by Crippen LogP contribution is 2.28. The first-order chi connectivity index (χ1) is 16.0. The molecule has 0 N–H and O–H groups in total. The lowest BCUT2D eigenvalue weighted by molar-refractivity contribution is 0.412. The molecule has 0 radical (unpaired) electrons. The number of ether oxygens (including phenoxy) is 1. The van der Waals surface area contributed by atoms with Crippen molar-refractivity contribution in [2.45, 2.75) is 6.04 Å². The monoisotopic (exact) mass is 584 g/mol. The molecule has 7 heteroatoms. The number of hydrogen-bond donors (Lipinski definition) is 0. The number of methoxy groups -OCH3 is 1. The molecule has 5 rings (SSSR count). The van der Waals surface area contributed by atoms with Gasteiger partial charge in [-0.25, -0.2) is 4.99 Å². The van der Waals surface area contributed by atoms with Gasteiger partial charge in [0.2, 0.25) is 0 Å². The first-order valence-corrected chi connectivity index (χ1v) is 12.5. The van der Waals surface area contributed by atoms with Gasteiger partial charge >= 0.3 is 0 Å². The molecule has 1 atom stereocenters. The Labute approximate surface area is 213 Å². The van der Waals surface area contributed by atoms with E-state index in [0.717, 1.165) is 31.7 Å². The van der Waals surface area contributed by atoms with Crippen LogP contribution in [0.25, 0.3) is 11.8 Å². The highest BCUT2D eigenvalue weighted by Gasteiger charge is 2.22. The Bertz CT molecular complexity index is 1540. The molecule has 0 fully saturated rings. The maximum atomic E-state index is 13.5. The summed E-state index contributed by atoms with van der Waals surface area (Å²) in [5, 5.41) is 0.660. The number of allylic oxidation sites excluding steroid dienone is 1. The molecule has 0 amide bonds. The van der Waals surface area contributed by atoms with Crippen LogP contribution in [0.5, 0.6) is 5.75 Å². The second kappa shape index (κ2) is 9.29. The minimum atomic E-state index is -0.271. The third kappa shape index (κ3) is 4.43.